The van der Waals surface area contributed by atoms with E-state index in [0.29, 0.717) is 5.69 Å². The molecule has 0 unspecified atom stereocenters. The van der Waals surface area contributed by atoms with Crippen LogP contribution < -0.4 is 10.9 Å². The zero-order valence-corrected chi connectivity index (χ0v) is 13.3. The van der Waals surface area contributed by atoms with E-state index < -0.39 is 11.5 Å². The Balaban J connectivity index is 2.30. The fraction of sp³-hybridized carbons (Fsp3) is 0.333. The number of halogens is 1. The largest absolute Gasteiger partial charge is 0.468 e. The van der Waals surface area contributed by atoms with Crippen LogP contribution in [-0.4, -0.2) is 32.6 Å². The maximum Gasteiger partial charge on any atom is 0.327 e. The Labute approximate surface area is 128 Å². The summed E-state index contributed by atoms with van der Waals surface area (Å²) in [5.74, 6) is -0.541. The Hall–Kier alpha value is -2.16. The molecule has 0 spiro atoms. The van der Waals surface area contributed by atoms with Crippen molar-refractivity contribution in [2.75, 3.05) is 12.4 Å². The quantitative estimate of drug-likeness (QED) is 0.821. The average molecular weight is 356 g/mol. The van der Waals surface area contributed by atoms with Crippen LogP contribution in [0.4, 0.5) is 11.4 Å². The highest BCUT2D eigenvalue weighted by atomic mass is 79.9. The monoisotopic (exact) mass is 355 g/mol. The van der Waals surface area contributed by atoms with E-state index in [1.54, 1.807) is 17.9 Å². The van der Waals surface area contributed by atoms with E-state index in [1.165, 1.54) is 13.3 Å². The van der Waals surface area contributed by atoms with Gasteiger partial charge < -0.3 is 10.1 Å². The zero-order chi connectivity index (χ0) is 15.6. The van der Waals surface area contributed by atoms with Gasteiger partial charge >= 0.3 is 5.97 Å². The molecule has 112 valence electrons. The summed E-state index contributed by atoms with van der Waals surface area (Å²) in [6.07, 6.45) is 3.25. The molecule has 9 heteroatoms. The molecular weight excluding hydrogens is 342 g/mol. The van der Waals surface area contributed by atoms with Gasteiger partial charge in [-0.3, -0.25) is 14.3 Å². The first kappa shape index (κ1) is 15.2. The number of esters is 1. The molecule has 0 fully saturated rings. The minimum atomic E-state index is -0.541. The van der Waals surface area contributed by atoms with Crippen molar-refractivity contribution < 1.29 is 9.53 Å². The third-order valence-electron chi connectivity index (χ3n) is 2.77. The molecule has 0 aliphatic carbocycles. The summed E-state index contributed by atoms with van der Waals surface area (Å²) in [7, 11) is 3.06. The van der Waals surface area contributed by atoms with Gasteiger partial charge in [-0.05, 0) is 22.9 Å². The van der Waals surface area contributed by atoms with Gasteiger partial charge in [0.25, 0.3) is 5.56 Å². The van der Waals surface area contributed by atoms with Crippen molar-refractivity contribution in [1.29, 1.82) is 0 Å². The number of nitrogens with one attached hydrogen (secondary N) is 1. The van der Waals surface area contributed by atoms with Crippen molar-refractivity contribution in [2.45, 2.75) is 13.5 Å². The number of aryl methyl sites for hydroxylation is 2. The van der Waals surface area contributed by atoms with E-state index in [4.69, 9.17) is 0 Å². The summed E-state index contributed by atoms with van der Waals surface area (Å²) in [4.78, 5) is 23.3. The van der Waals surface area contributed by atoms with Crippen molar-refractivity contribution in [2.24, 2.45) is 7.05 Å². The van der Waals surface area contributed by atoms with Gasteiger partial charge in [0, 0.05) is 13.2 Å². The van der Waals surface area contributed by atoms with Gasteiger partial charge in [-0.2, -0.15) is 10.2 Å². The molecule has 2 heterocycles. The first-order valence-electron chi connectivity index (χ1n) is 6.02. The first-order valence-corrected chi connectivity index (χ1v) is 6.81. The summed E-state index contributed by atoms with van der Waals surface area (Å²) in [5, 5.41) is 11.2. The van der Waals surface area contributed by atoms with E-state index in [9.17, 15) is 9.59 Å². The third kappa shape index (κ3) is 3.30. The lowest BCUT2D eigenvalue weighted by molar-refractivity contribution is -0.141. The lowest BCUT2D eigenvalue weighted by Crippen LogP contribution is -2.28. The van der Waals surface area contributed by atoms with Gasteiger partial charge in [-0.25, -0.2) is 4.68 Å². The van der Waals surface area contributed by atoms with Gasteiger partial charge in [0.2, 0.25) is 0 Å². The molecule has 0 radical (unpaired) electrons. The third-order valence-corrected chi connectivity index (χ3v) is 3.54. The van der Waals surface area contributed by atoms with Gasteiger partial charge in [0.15, 0.2) is 0 Å². The van der Waals surface area contributed by atoms with Gasteiger partial charge in [-0.1, -0.05) is 0 Å². The number of nitrogens with zero attached hydrogens (tertiary/aromatic N) is 4. The standard InChI is InChI=1S/C12H14BrN5O3/c1-7-9(5-17(2)16-7)15-8-4-14-18(6-10(19)21-3)12(20)11(8)13/h4-5,15H,6H2,1-3H3. The Kier molecular flexibility index (Phi) is 4.41. The maximum absolute atomic E-state index is 12.1. The molecule has 0 saturated heterocycles. The van der Waals surface area contributed by atoms with Crippen LogP contribution in [0, 0.1) is 6.92 Å². The Morgan fingerprint density at radius 1 is 1.48 bits per heavy atom. The van der Waals surface area contributed by atoms with E-state index in [1.807, 2.05) is 6.92 Å². The SMILES string of the molecule is COC(=O)Cn1ncc(Nc2cn(C)nc2C)c(Br)c1=O. The van der Waals surface area contributed by atoms with Crippen molar-refractivity contribution in [3.8, 4) is 0 Å². The second-order valence-corrected chi connectivity index (χ2v) is 5.13. The molecule has 2 aromatic rings. The molecule has 0 aromatic carbocycles. The normalized spacial score (nSPS) is 10.5. The smallest absolute Gasteiger partial charge is 0.327 e. The van der Waals surface area contributed by atoms with Crippen molar-refractivity contribution >= 4 is 33.3 Å². The summed E-state index contributed by atoms with van der Waals surface area (Å²) in [5.41, 5.74) is 1.64. The molecule has 8 nitrogen and oxygen atoms in total. The highest BCUT2D eigenvalue weighted by Crippen LogP contribution is 2.23. The number of methoxy groups -OCH3 is 1. The Morgan fingerprint density at radius 3 is 2.76 bits per heavy atom. The van der Waals surface area contributed by atoms with Gasteiger partial charge in [0.1, 0.15) is 11.0 Å². The fourth-order valence-corrected chi connectivity index (χ4v) is 2.13. The molecule has 0 saturated carbocycles. The molecule has 0 bridgehead atoms. The number of hydrogen-bond donors (Lipinski definition) is 1. The summed E-state index contributed by atoms with van der Waals surface area (Å²) in [6, 6.07) is 0. The van der Waals surface area contributed by atoms with Crippen LogP contribution >= 0.6 is 15.9 Å². The fourth-order valence-electron chi connectivity index (χ4n) is 1.72. The van der Waals surface area contributed by atoms with Crippen LogP contribution in [0.5, 0.6) is 0 Å². The van der Waals surface area contributed by atoms with Crippen LogP contribution in [-0.2, 0) is 23.1 Å². The van der Waals surface area contributed by atoms with Gasteiger partial charge in [-0.15, -0.1) is 0 Å². The minimum absolute atomic E-state index is 0.236. The van der Waals surface area contributed by atoms with Gasteiger partial charge in [0.05, 0.1) is 30.4 Å². The number of aromatic nitrogens is 4. The number of hydrogen-bond acceptors (Lipinski definition) is 6. The summed E-state index contributed by atoms with van der Waals surface area (Å²) >= 11 is 3.22. The van der Waals surface area contributed by atoms with Crippen molar-refractivity contribution in [1.82, 2.24) is 19.6 Å². The van der Waals surface area contributed by atoms with E-state index >= 15 is 0 Å². The van der Waals surface area contributed by atoms with Crippen LogP contribution in [0.3, 0.4) is 0 Å². The zero-order valence-electron chi connectivity index (χ0n) is 11.8. The number of rotatable bonds is 4. The molecule has 21 heavy (non-hydrogen) atoms. The Morgan fingerprint density at radius 2 is 2.19 bits per heavy atom. The summed E-state index contributed by atoms with van der Waals surface area (Å²) in [6.45, 7) is 1.61. The Bertz CT molecular complexity index is 737. The number of ether oxygens (including phenoxy) is 1. The van der Waals surface area contributed by atoms with Crippen LogP contribution in [0.2, 0.25) is 0 Å². The van der Waals surface area contributed by atoms with E-state index in [2.05, 4.69) is 36.2 Å². The highest BCUT2D eigenvalue weighted by Gasteiger charge is 2.13. The van der Waals surface area contributed by atoms with E-state index in [0.717, 1.165) is 16.1 Å². The molecule has 1 N–H and O–H groups in total. The predicted octanol–water partition coefficient (Wildman–Crippen LogP) is 0.964. The highest BCUT2D eigenvalue weighted by molar-refractivity contribution is 9.10. The maximum atomic E-state index is 12.1. The lowest BCUT2D eigenvalue weighted by Gasteiger charge is -2.09. The van der Waals surface area contributed by atoms with E-state index in [-0.39, 0.29) is 11.0 Å². The number of anilines is 2. The molecular formula is C12H14BrN5O3. The molecule has 0 atom stereocenters. The second kappa shape index (κ2) is 6.08. The van der Waals surface area contributed by atoms with Crippen LogP contribution in [0.15, 0.2) is 21.7 Å². The second-order valence-electron chi connectivity index (χ2n) is 4.34. The van der Waals surface area contributed by atoms with Crippen molar-refractivity contribution in [3.63, 3.8) is 0 Å². The number of carbonyl (C=O) groups excluding carboxylic acids is 1. The first-order chi connectivity index (χ1) is 9.92. The topological polar surface area (TPSA) is 91.0 Å². The summed E-state index contributed by atoms with van der Waals surface area (Å²) < 4.78 is 7.48. The van der Waals surface area contributed by atoms with Crippen LogP contribution in [0.1, 0.15) is 5.69 Å². The molecule has 2 rings (SSSR count). The predicted molar refractivity (Wildman–Crippen MR) is 79.4 cm³/mol. The molecule has 2 aromatic heterocycles. The number of carbonyl (C=O) groups is 1. The average Bonchev–Trinajstić information content (AvgIpc) is 2.76. The van der Waals surface area contributed by atoms with Crippen molar-refractivity contribution in [3.05, 3.63) is 32.9 Å². The molecule has 0 amide bonds. The molecule has 0 aliphatic rings. The van der Waals surface area contributed by atoms with Crippen LogP contribution in [0.25, 0.3) is 0 Å². The lowest BCUT2D eigenvalue weighted by atomic mass is 10.3. The minimum Gasteiger partial charge on any atom is -0.468 e. The molecule has 0 aliphatic heterocycles.